The smallest absolute Gasteiger partial charge is 0.197 e. The number of aromatic nitrogens is 3. The summed E-state index contributed by atoms with van der Waals surface area (Å²) in [5, 5.41) is 3.33. The van der Waals surface area contributed by atoms with E-state index in [4.69, 9.17) is 23.8 Å². The van der Waals surface area contributed by atoms with Crippen LogP contribution in [0.15, 0.2) is 42.7 Å². The van der Waals surface area contributed by atoms with Crippen LogP contribution in [-0.2, 0) is 6.54 Å². The third-order valence-electron chi connectivity index (χ3n) is 2.86. The Morgan fingerprint density at radius 2 is 2.00 bits per heavy atom. The van der Waals surface area contributed by atoms with Gasteiger partial charge in [0.2, 0.25) is 0 Å². The van der Waals surface area contributed by atoms with Gasteiger partial charge in [-0.2, -0.15) is 0 Å². The Balaban J connectivity index is 1.70. The normalized spacial score (nSPS) is 10.5. The summed E-state index contributed by atoms with van der Waals surface area (Å²) < 4.78 is 1.05. The lowest BCUT2D eigenvalue weighted by Gasteiger charge is -2.06. The second kappa shape index (κ2) is 6.34. The van der Waals surface area contributed by atoms with Crippen LogP contribution >= 0.6 is 35.2 Å². The molecular formula is C14H11ClN4S2. The number of hydrogen-bond acceptors (Lipinski definition) is 5. The molecule has 0 unspecified atom stereocenters. The summed E-state index contributed by atoms with van der Waals surface area (Å²) in [6, 6.07) is 10.0. The first-order valence-electron chi connectivity index (χ1n) is 6.20. The van der Waals surface area contributed by atoms with Gasteiger partial charge in [-0.15, -0.1) is 11.3 Å². The van der Waals surface area contributed by atoms with Gasteiger partial charge in [-0.05, 0) is 36.0 Å². The molecule has 2 aromatic heterocycles. The van der Waals surface area contributed by atoms with Crippen molar-refractivity contribution in [1.82, 2.24) is 15.0 Å². The minimum Gasteiger partial charge on any atom is -0.380 e. The molecule has 2 N–H and O–H groups in total. The number of H-pyrrole nitrogens is 1. The monoisotopic (exact) mass is 334 g/mol. The number of rotatable bonds is 4. The molecule has 0 amide bonds. The maximum atomic E-state index is 5.81. The highest BCUT2D eigenvalue weighted by molar-refractivity contribution is 7.71. The zero-order chi connectivity index (χ0) is 14.7. The first-order valence-corrected chi connectivity index (χ1v) is 7.81. The van der Waals surface area contributed by atoms with Crippen molar-refractivity contribution in [2.45, 2.75) is 6.54 Å². The van der Waals surface area contributed by atoms with E-state index in [0.717, 1.165) is 21.8 Å². The Morgan fingerprint density at radius 3 is 2.67 bits per heavy atom. The average molecular weight is 335 g/mol. The molecule has 0 atom stereocenters. The first kappa shape index (κ1) is 14.2. The Hall–Kier alpha value is -1.76. The van der Waals surface area contributed by atoms with E-state index >= 15 is 0 Å². The Labute approximate surface area is 135 Å². The van der Waals surface area contributed by atoms with E-state index in [1.807, 2.05) is 30.3 Å². The van der Waals surface area contributed by atoms with Crippen LogP contribution in [0.5, 0.6) is 0 Å². The van der Waals surface area contributed by atoms with Crippen molar-refractivity contribution in [2.75, 3.05) is 5.32 Å². The van der Waals surface area contributed by atoms with Gasteiger partial charge >= 0.3 is 0 Å². The van der Waals surface area contributed by atoms with Crippen LogP contribution in [0.2, 0.25) is 4.47 Å². The molecule has 0 saturated carbocycles. The molecule has 0 fully saturated rings. The van der Waals surface area contributed by atoms with E-state index in [1.165, 1.54) is 11.3 Å². The molecule has 0 aliphatic heterocycles. The second-order valence-corrected chi connectivity index (χ2v) is 6.38. The second-order valence-electron chi connectivity index (χ2n) is 4.30. The third-order valence-corrected chi connectivity index (χ3v) is 4.18. The molecule has 0 spiro atoms. The van der Waals surface area contributed by atoms with Crippen molar-refractivity contribution in [3.8, 4) is 11.3 Å². The van der Waals surface area contributed by atoms with Crippen molar-refractivity contribution >= 4 is 40.8 Å². The predicted molar refractivity (Wildman–Crippen MR) is 89.3 cm³/mol. The molecule has 21 heavy (non-hydrogen) atoms. The molecule has 7 heteroatoms. The molecule has 106 valence electrons. The van der Waals surface area contributed by atoms with E-state index < -0.39 is 0 Å². The first-order chi connectivity index (χ1) is 10.2. The van der Waals surface area contributed by atoms with E-state index in [1.54, 1.807) is 12.4 Å². The third kappa shape index (κ3) is 3.66. The van der Waals surface area contributed by atoms with Crippen LogP contribution in [0.4, 0.5) is 5.69 Å². The predicted octanol–water partition coefficient (Wildman–Crippen LogP) is 4.53. The van der Waals surface area contributed by atoms with Crippen LogP contribution in [0, 0.1) is 4.77 Å². The van der Waals surface area contributed by atoms with Gasteiger partial charge in [-0.1, -0.05) is 23.7 Å². The van der Waals surface area contributed by atoms with Gasteiger partial charge in [-0.3, -0.25) is 0 Å². The van der Waals surface area contributed by atoms with Crippen LogP contribution in [0.1, 0.15) is 4.88 Å². The summed E-state index contributed by atoms with van der Waals surface area (Å²) in [4.78, 5) is 12.2. The number of benzene rings is 1. The number of nitrogens with one attached hydrogen (secondary N) is 2. The Bertz CT molecular complexity index is 795. The van der Waals surface area contributed by atoms with Crippen LogP contribution in [0.3, 0.4) is 0 Å². The molecule has 3 rings (SSSR count). The van der Waals surface area contributed by atoms with Crippen molar-refractivity contribution in [3.63, 3.8) is 0 Å². The Kier molecular flexibility index (Phi) is 4.28. The zero-order valence-electron chi connectivity index (χ0n) is 10.8. The summed E-state index contributed by atoms with van der Waals surface area (Å²) >= 11 is 12.3. The minimum absolute atomic E-state index is 0.483. The van der Waals surface area contributed by atoms with Crippen LogP contribution < -0.4 is 5.32 Å². The van der Waals surface area contributed by atoms with Gasteiger partial charge < -0.3 is 10.3 Å². The molecule has 0 radical (unpaired) electrons. The number of anilines is 1. The van der Waals surface area contributed by atoms with Crippen LogP contribution in [0.25, 0.3) is 11.3 Å². The molecule has 0 saturated heterocycles. The lowest BCUT2D eigenvalue weighted by atomic mass is 10.1. The summed E-state index contributed by atoms with van der Waals surface area (Å²) in [6.07, 6.45) is 3.49. The molecular weight excluding hydrogens is 324 g/mol. The maximum Gasteiger partial charge on any atom is 0.197 e. The minimum atomic E-state index is 0.483. The molecule has 0 bridgehead atoms. The Morgan fingerprint density at radius 1 is 1.19 bits per heavy atom. The van der Waals surface area contributed by atoms with Gasteiger partial charge in [0.25, 0.3) is 0 Å². The van der Waals surface area contributed by atoms with E-state index in [0.29, 0.717) is 15.8 Å². The van der Waals surface area contributed by atoms with Gasteiger partial charge in [0.05, 0.1) is 6.54 Å². The quantitative estimate of drug-likeness (QED) is 0.688. The number of aromatic amines is 1. The highest BCUT2D eigenvalue weighted by Gasteiger charge is 2.01. The summed E-state index contributed by atoms with van der Waals surface area (Å²) in [7, 11) is 0. The molecule has 4 nitrogen and oxygen atoms in total. The van der Waals surface area contributed by atoms with Crippen LogP contribution in [-0.4, -0.2) is 15.0 Å². The number of nitrogens with zero attached hydrogens (tertiary/aromatic N) is 2. The molecule has 0 aliphatic rings. The highest BCUT2D eigenvalue weighted by Crippen LogP contribution is 2.21. The summed E-state index contributed by atoms with van der Waals surface area (Å²) in [6.45, 7) is 0.710. The fraction of sp³-hybridized carbons (Fsp3) is 0.0714. The fourth-order valence-electron chi connectivity index (χ4n) is 1.86. The van der Waals surface area contributed by atoms with Crippen molar-refractivity contribution < 1.29 is 0 Å². The van der Waals surface area contributed by atoms with Crippen molar-refractivity contribution in [3.05, 3.63) is 56.8 Å². The van der Waals surface area contributed by atoms with Gasteiger partial charge in [0, 0.05) is 28.7 Å². The number of halogens is 1. The lowest BCUT2D eigenvalue weighted by Crippen LogP contribution is -1.97. The van der Waals surface area contributed by atoms with E-state index in [9.17, 15) is 0 Å². The largest absolute Gasteiger partial charge is 0.380 e. The summed E-state index contributed by atoms with van der Waals surface area (Å²) in [5.74, 6) is 0. The van der Waals surface area contributed by atoms with E-state index in [2.05, 4.69) is 20.3 Å². The average Bonchev–Trinajstić information content (AvgIpc) is 2.91. The topological polar surface area (TPSA) is 53.6 Å². The maximum absolute atomic E-state index is 5.81. The summed E-state index contributed by atoms with van der Waals surface area (Å²) in [5.41, 5.74) is 3.06. The van der Waals surface area contributed by atoms with Crippen molar-refractivity contribution in [1.29, 1.82) is 0 Å². The fourth-order valence-corrected chi connectivity index (χ4v) is 2.95. The standard InChI is InChI=1S/C14H11ClN4S2/c15-13-18-8-11(21-13)7-17-10-3-1-9(2-4-10)12-5-6-16-14(20)19-12/h1-6,8,17H,7H2,(H,16,19,20). The van der Waals surface area contributed by atoms with Gasteiger partial charge in [0.1, 0.15) is 0 Å². The van der Waals surface area contributed by atoms with Gasteiger partial charge in [-0.25, -0.2) is 9.97 Å². The highest BCUT2D eigenvalue weighted by atomic mass is 35.5. The lowest BCUT2D eigenvalue weighted by molar-refractivity contribution is 1.14. The molecule has 1 aromatic carbocycles. The SMILES string of the molecule is S=c1nccc(-c2ccc(NCc3cnc(Cl)s3)cc2)[nH]1. The van der Waals surface area contributed by atoms with Crippen molar-refractivity contribution in [2.24, 2.45) is 0 Å². The zero-order valence-corrected chi connectivity index (χ0v) is 13.2. The van der Waals surface area contributed by atoms with Gasteiger partial charge in [0.15, 0.2) is 9.24 Å². The molecule has 0 aliphatic carbocycles. The molecule has 2 heterocycles. The van der Waals surface area contributed by atoms with E-state index in [-0.39, 0.29) is 0 Å². The number of hydrogen-bond donors (Lipinski definition) is 2. The number of thiazole rings is 1. The molecule has 3 aromatic rings.